The summed E-state index contributed by atoms with van der Waals surface area (Å²) in [6.45, 7) is 5.57. The smallest absolute Gasteiger partial charge is 0.326 e. The molecule has 1 aromatic carbocycles. The van der Waals surface area contributed by atoms with Crippen molar-refractivity contribution in [2.75, 3.05) is 6.54 Å². The molecule has 0 unspecified atom stereocenters. The maximum absolute atomic E-state index is 11.6. The van der Waals surface area contributed by atoms with Gasteiger partial charge in [0.2, 0.25) is 0 Å². The molecule has 0 aliphatic carbocycles. The molecule has 2 aliphatic rings. The van der Waals surface area contributed by atoms with Crippen LogP contribution in [-0.4, -0.2) is 29.1 Å². The highest BCUT2D eigenvalue weighted by molar-refractivity contribution is 6.16. The quantitative estimate of drug-likeness (QED) is 0.436. The number of nitrogens with zero attached hydrogens (tertiary/aromatic N) is 2. The zero-order valence-electron chi connectivity index (χ0n) is 13.7. The molecule has 4 N–H and O–H groups in total. The number of nitrogens with one attached hydrogen (secondary N) is 2. The molecule has 3 amide bonds. The standard InChI is InChI=1S/C18H19N5O2/c1-12(23-9-7-13-4-2-3-5-14(13)11-23)20-15(6-8-19)10-16-17(24)22-18(25)21-16/h2-6,8,10H,1,7,9,11,19H2,(H2,21,22,24,25)/b8-6-,16-10-,20-15?. The number of carbonyl (C=O) groups is 2. The van der Waals surface area contributed by atoms with E-state index in [1.165, 1.54) is 23.4 Å². The number of aliphatic imine (C=N–C) groups is 1. The van der Waals surface area contributed by atoms with Crippen molar-refractivity contribution >= 4 is 17.6 Å². The first-order valence-corrected chi connectivity index (χ1v) is 7.88. The van der Waals surface area contributed by atoms with Gasteiger partial charge in [-0.15, -0.1) is 0 Å². The number of allylic oxidation sites excluding steroid dienone is 2. The van der Waals surface area contributed by atoms with Crippen LogP contribution < -0.4 is 16.4 Å². The highest BCUT2D eigenvalue weighted by Crippen LogP contribution is 2.21. The molecule has 0 radical (unpaired) electrons. The largest absolute Gasteiger partial charge is 0.405 e. The van der Waals surface area contributed by atoms with Crippen LogP contribution in [0.3, 0.4) is 0 Å². The minimum absolute atomic E-state index is 0.124. The van der Waals surface area contributed by atoms with E-state index >= 15 is 0 Å². The third-order valence-corrected chi connectivity index (χ3v) is 4.03. The summed E-state index contributed by atoms with van der Waals surface area (Å²) in [4.78, 5) is 29.4. The monoisotopic (exact) mass is 337 g/mol. The zero-order chi connectivity index (χ0) is 17.8. The number of carbonyl (C=O) groups excluding carboxylic acids is 2. The molecule has 0 spiro atoms. The second kappa shape index (κ2) is 7.04. The number of urea groups is 1. The van der Waals surface area contributed by atoms with Gasteiger partial charge in [0, 0.05) is 13.1 Å². The van der Waals surface area contributed by atoms with E-state index in [0.717, 1.165) is 19.5 Å². The molecule has 2 aliphatic heterocycles. The Morgan fingerprint density at radius 1 is 1.24 bits per heavy atom. The average Bonchev–Trinajstić information content (AvgIpc) is 2.91. The molecule has 1 aromatic rings. The molecule has 3 rings (SSSR count). The van der Waals surface area contributed by atoms with E-state index in [0.29, 0.717) is 11.5 Å². The Morgan fingerprint density at radius 2 is 2.00 bits per heavy atom. The fraction of sp³-hybridized carbons (Fsp3) is 0.167. The van der Waals surface area contributed by atoms with Gasteiger partial charge >= 0.3 is 6.03 Å². The summed E-state index contributed by atoms with van der Waals surface area (Å²) in [5.41, 5.74) is 8.60. The Morgan fingerprint density at radius 3 is 2.68 bits per heavy atom. The van der Waals surface area contributed by atoms with Gasteiger partial charge in [-0.25, -0.2) is 9.79 Å². The molecular weight excluding hydrogens is 318 g/mol. The minimum atomic E-state index is -0.557. The number of benzene rings is 1. The van der Waals surface area contributed by atoms with Crippen LogP contribution in [0.15, 0.2) is 65.7 Å². The van der Waals surface area contributed by atoms with Gasteiger partial charge in [-0.3, -0.25) is 10.1 Å². The predicted molar refractivity (Wildman–Crippen MR) is 95.2 cm³/mol. The summed E-state index contributed by atoms with van der Waals surface area (Å²) in [5, 5.41) is 4.56. The lowest BCUT2D eigenvalue weighted by Crippen LogP contribution is -2.29. The molecule has 128 valence electrons. The van der Waals surface area contributed by atoms with Gasteiger partial charge in [0.1, 0.15) is 11.5 Å². The second-order valence-electron chi connectivity index (χ2n) is 5.72. The Balaban J connectivity index is 1.79. The summed E-state index contributed by atoms with van der Waals surface area (Å²) in [5.74, 6) is 0.0739. The van der Waals surface area contributed by atoms with Crippen LogP contribution in [0, 0.1) is 0 Å². The predicted octanol–water partition coefficient (Wildman–Crippen LogP) is 1.15. The third-order valence-electron chi connectivity index (χ3n) is 4.03. The average molecular weight is 337 g/mol. The number of hydrogen-bond acceptors (Lipinski definition) is 5. The highest BCUT2D eigenvalue weighted by Gasteiger charge is 2.23. The van der Waals surface area contributed by atoms with Crippen LogP contribution in [0.25, 0.3) is 0 Å². The van der Waals surface area contributed by atoms with E-state index in [4.69, 9.17) is 5.73 Å². The van der Waals surface area contributed by atoms with Gasteiger partial charge in [-0.2, -0.15) is 0 Å². The van der Waals surface area contributed by atoms with Crippen LogP contribution in [0.2, 0.25) is 0 Å². The molecule has 7 nitrogen and oxygen atoms in total. The Hall–Kier alpha value is -3.35. The van der Waals surface area contributed by atoms with Crippen LogP contribution in [0.5, 0.6) is 0 Å². The van der Waals surface area contributed by atoms with Crippen molar-refractivity contribution in [2.24, 2.45) is 10.7 Å². The molecule has 0 atom stereocenters. The molecule has 0 bridgehead atoms. The minimum Gasteiger partial charge on any atom is -0.405 e. The molecule has 0 saturated carbocycles. The van der Waals surface area contributed by atoms with E-state index in [1.807, 2.05) is 12.1 Å². The van der Waals surface area contributed by atoms with Crippen molar-refractivity contribution < 1.29 is 9.59 Å². The van der Waals surface area contributed by atoms with Gasteiger partial charge in [-0.1, -0.05) is 30.8 Å². The van der Waals surface area contributed by atoms with E-state index < -0.39 is 11.9 Å². The molecule has 1 saturated heterocycles. The second-order valence-corrected chi connectivity index (χ2v) is 5.72. The van der Waals surface area contributed by atoms with Gasteiger partial charge in [0.15, 0.2) is 0 Å². The van der Waals surface area contributed by atoms with Crippen molar-refractivity contribution in [3.8, 4) is 0 Å². The van der Waals surface area contributed by atoms with E-state index in [2.05, 4.69) is 39.2 Å². The molecule has 7 heteroatoms. The zero-order valence-corrected chi connectivity index (χ0v) is 13.7. The summed E-state index contributed by atoms with van der Waals surface area (Å²) < 4.78 is 0. The summed E-state index contributed by atoms with van der Waals surface area (Å²) in [6.07, 6.45) is 5.26. The Labute approximate surface area is 145 Å². The van der Waals surface area contributed by atoms with Gasteiger partial charge in [0.05, 0.1) is 5.71 Å². The number of nitrogens with two attached hydrogens (primary N) is 1. The summed E-state index contributed by atoms with van der Waals surface area (Å²) in [6, 6.07) is 7.73. The summed E-state index contributed by atoms with van der Waals surface area (Å²) >= 11 is 0. The van der Waals surface area contributed by atoms with Crippen LogP contribution in [0.1, 0.15) is 11.1 Å². The van der Waals surface area contributed by atoms with E-state index in [9.17, 15) is 9.59 Å². The SMILES string of the molecule is C=C(N=C(/C=C\N)/C=C1\NC(=O)NC1=O)N1CCc2ccccc2C1. The fourth-order valence-corrected chi connectivity index (χ4v) is 2.78. The Kier molecular flexibility index (Phi) is 4.65. The molecule has 0 aromatic heterocycles. The molecular formula is C18H19N5O2. The first kappa shape index (κ1) is 16.5. The van der Waals surface area contributed by atoms with Crippen LogP contribution >= 0.6 is 0 Å². The normalized spacial score (nSPS) is 19.1. The number of fused-ring (bicyclic) bond motifs is 1. The topological polar surface area (TPSA) is 99.8 Å². The van der Waals surface area contributed by atoms with Crippen LogP contribution in [0.4, 0.5) is 4.79 Å². The fourth-order valence-electron chi connectivity index (χ4n) is 2.78. The first-order chi connectivity index (χ1) is 12.1. The Bertz CT molecular complexity index is 823. The van der Waals surface area contributed by atoms with Gasteiger partial charge in [0.25, 0.3) is 5.91 Å². The number of rotatable bonds is 4. The van der Waals surface area contributed by atoms with Crippen LogP contribution in [-0.2, 0) is 17.8 Å². The van der Waals surface area contributed by atoms with Crippen molar-refractivity contribution in [3.05, 3.63) is 71.8 Å². The maximum atomic E-state index is 11.6. The lowest BCUT2D eigenvalue weighted by atomic mass is 10.0. The molecule has 2 heterocycles. The van der Waals surface area contributed by atoms with Crippen molar-refractivity contribution in [1.29, 1.82) is 0 Å². The number of hydrogen-bond donors (Lipinski definition) is 3. The number of imide groups is 1. The van der Waals surface area contributed by atoms with E-state index in [-0.39, 0.29) is 5.70 Å². The van der Waals surface area contributed by atoms with Crippen molar-refractivity contribution in [2.45, 2.75) is 13.0 Å². The summed E-state index contributed by atoms with van der Waals surface area (Å²) in [7, 11) is 0. The van der Waals surface area contributed by atoms with Crippen molar-refractivity contribution in [3.63, 3.8) is 0 Å². The molecule has 1 fully saturated rings. The lowest BCUT2D eigenvalue weighted by Gasteiger charge is -2.30. The molecule has 25 heavy (non-hydrogen) atoms. The number of amides is 3. The maximum Gasteiger partial charge on any atom is 0.326 e. The van der Waals surface area contributed by atoms with E-state index in [1.54, 1.807) is 6.08 Å². The highest BCUT2D eigenvalue weighted by atomic mass is 16.2. The van der Waals surface area contributed by atoms with Gasteiger partial charge < -0.3 is 16.0 Å². The lowest BCUT2D eigenvalue weighted by molar-refractivity contribution is -0.115. The van der Waals surface area contributed by atoms with Gasteiger partial charge in [-0.05, 0) is 35.9 Å². The first-order valence-electron chi connectivity index (χ1n) is 7.88. The third kappa shape index (κ3) is 3.77. The van der Waals surface area contributed by atoms with Crippen molar-refractivity contribution in [1.82, 2.24) is 15.5 Å².